The first-order valence-electron chi connectivity index (χ1n) is 5.98. The molecule has 1 saturated heterocycles. The van der Waals surface area contributed by atoms with Crippen LogP contribution in [0.5, 0.6) is 0 Å². The van der Waals surface area contributed by atoms with Gasteiger partial charge in [0.15, 0.2) is 0 Å². The smallest absolute Gasteiger partial charge is 0.107 e. The quantitative estimate of drug-likeness (QED) is 0.879. The second kappa shape index (κ2) is 5.25. The highest BCUT2D eigenvalue weighted by Gasteiger charge is 2.22. The number of rotatable bonds is 3. The van der Waals surface area contributed by atoms with Crippen molar-refractivity contribution < 1.29 is 5.11 Å². The van der Waals surface area contributed by atoms with Gasteiger partial charge in [-0.25, -0.2) is 4.98 Å². The lowest BCUT2D eigenvalue weighted by atomic mass is 10.0. The summed E-state index contributed by atoms with van der Waals surface area (Å²) < 4.78 is 0. The summed E-state index contributed by atoms with van der Waals surface area (Å²) in [6.07, 6.45) is 3.62. The van der Waals surface area contributed by atoms with Crippen molar-refractivity contribution in [1.29, 1.82) is 0 Å². The van der Waals surface area contributed by atoms with Crippen LogP contribution < -0.4 is 0 Å². The SMILES string of the molecule is Cc1nc(CN2CCCCC2CO)sc1C. The van der Waals surface area contributed by atoms with E-state index in [9.17, 15) is 5.11 Å². The minimum absolute atomic E-state index is 0.281. The molecule has 1 aromatic rings. The minimum Gasteiger partial charge on any atom is -0.395 e. The van der Waals surface area contributed by atoms with Gasteiger partial charge in [-0.3, -0.25) is 4.90 Å². The lowest BCUT2D eigenvalue weighted by molar-refractivity contribution is 0.0840. The standard InChI is InChI=1S/C12H20N2OS/c1-9-10(2)16-12(13-9)7-14-6-4-3-5-11(14)8-15/h11,15H,3-8H2,1-2H3. The predicted octanol–water partition coefficient (Wildman–Crippen LogP) is 2.11. The molecule has 2 rings (SSSR count). The van der Waals surface area contributed by atoms with Crippen molar-refractivity contribution in [3.05, 3.63) is 15.6 Å². The molecule has 0 saturated carbocycles. The maximum absolute atomic E-state index is 9.34. The van der Waals surface area contributed by atoms with Gasteiger partial charge in [0.25, 0.3) is 0 Å². The predicted molar refractivity (Wildman–Crippen MR) is 66.7 cm³/mol. The van der Waals surface area contributed by atoms with Crippen LogP contribution in [0.3, 0.4) is 0 Å². The van der Waals surface area contributed by atoms with E-state index in [0.29, 0.717) is 6.04 Å². The van der Waals surface area contributed by atoms with Crippen molar-refractivity contribution in [3.8, 4) is 0 Å². The van der Waals surface area contributed by atoms with Crippen molar-refractivity contribution in [2.45, 2.75) is 45.7 Å². The zero-order valence-corrected chi connectivity index (χ0v) is 10.9. The van der Waals surface area contributed by atoms with Crippen LogP contribution in [0.25, 0.3) is 0 Å². The number of thiazole rings is 1. The largest absolute Gasteiger partial charge is 0.395 e. The number of aliphatic hydroxyl groups is 1. The zero-order chi connectivity index (χ0) is 11.5. The molecule has 1 atom stereocenters. The number of aromatic nitrogens is 1. The lowest BCUT2D eigenvalue weighted by Crippen LogP contribution is -2.41. The molecule has 0 aromatic carbocycles. The van der Waals surface area contributed by atoms with Crippen molar-refractivity contribution in [3.63, 3.8) is 0 Å². The fourth-order valence-electron chi connectivity index (χ4n) is 2.26. The summed E-state index contributed by atoms with van der Waals surface area (Å²) in [5, 5.41) is 10.5. The maximum Gasteiger partial charge on any atom is 0.107 e. The Bertz CT molecular complexity index is 331. The van der Waals surface area contributed by atoms with Gasteiger partial charge in [0.2, 0.25) is 0 Å². The molecular weight excluding hydrogens is 220 g/mol. The molecule has 1 unspecified atom stereocenters. The van der Waals surface area contributed by atoms with Gasteiger partial charge in [-0.1, -0.05) is 6.42 Å². The molecule has 1 N–H and O–H groups in total. The van der Waals surface area contributed by atoms with E-state index in [0.717, 1.165) is 25.2 Å². The van der Waals surface area contributed by atoms with E-state index in [-0.39, 0.29) is 6.61 Å². The fraction of sp³-hybridized carbons (Fsp3) is 0.750. The van der Waals surface area contributed by atoms with Crippen molar-refractivity contribution in [2.75, 3.05) is 13.2 Å². The van der Waals surface area contributed by atoms with Crippen molar-refractivity contribution >= 4 is 11.3 Å². The first kappa shape index (κ1) is 12.0. The highest BCUT2D eigenvalue weighted by Crippen LogP contribution is 2.22. The molecule has 0 radical (unpaired) electrons. The molecule has 16 heavy (non-hydrogen) atoms. The third-order valence-corrected chi connectivity index (χ3v) is 4.43. The summed E-state index contributed by atoms with van der Waals surface area (Å²) in [5.41, 5.74) is 1.15. The summed E-state index contributed by atoms with van der Waals surface area (Å²) >= 11 is 1.79. The average molecular weight is 240 g/mol. The van der Waals surface area contributed by atoms with E-state index in [1.165, 1.54) is 22.7 Å². The summed E-state index contributed by atoms with van der Waals surface area (Å²) in [6, 6.07) is 0.346. The molecule has 4 heteroatoms. The summed E-state index contributed by atoms with van der Waals surface area (Å²) in [7, 11) is 0. The Morgan fingerprint density at radius 1 is 1.44 bits per heavy atom. The van der Waals surface area contributed by atoms with Gasteiger partial charge >= 0.3 is 0 Å². The number of likely N-dealkylation sites (tertiary alicyclic amines) is 1. The van der Waals surface area contributed by atoms with E-state index >= 15 is 0 Å². The highest BCUT2D eigenvalue weighted by atomic mass is 32.1. The zero-order valence-electron chi connectivity index (χ0n) is 10.1. The molecule has 0 spiro atoms. The molecule has 2 heterocycles. The van der Waals surface area contributed by atoms with E-state index in [2.05, 4.69) is 23.7 Å². The van der Waals surface area contributed by atoms with Crippen LogP contribution in [0.1, 0.15) is 34.8 Å². The number of aliphatic hydroxyl groups excluding tert-OH is 1. The molecule has 1 aromatic heterocycles. The van der Waals surface area contributed by atoms with Gasteiger partial charge < -0.3 is 5.11 Å². The second-order valence-electron chi connectivity index (χ2n) is 4.55. The van der Waals surface area contributed by atoms with Crippen LogP contribution in [0, 0.1) is 13.8 Å². The van der Waals surface area contributed by atoms with E-state index in [1.54, 1.807) is 11.3 Å². The first-order valence-corrected chi connectivity index (χ1v) is 6.80. The van der Waals surface area contributed by atoms with E-state index < -0.39 is 0 Å². The topological polar surface area (TPSA) is 36.4 Å². The maximum atomic E-state index is 9.34. The van der Waals surface area contributed by atoms with Crippen LogP contribution in [0.2, 0.25) is 0 Å². The second-order valence-corrected chi connectivity index (χ2v) is 5.84. The Balaban J connectivity index is 2.02. The molecular formula is C12H20N2OS. The highest BCUT2D eigenvalue weighted by molar-refractivity contribution is 7.11. The van der Waals surface area contributed by atoms with Crippen molar-refractivity contribution in [1.82, 2.24) is 9.88 Å². The Labute approximate surface area is 101 Å². The minimum atomic E-state index is 0.281. The Morgan fingerprint density at radius 3 is 2.88 bits per heavy atom. The number of piperidine rings is 1. The number of hydrogen-bond donors (Lipinski definition) is 1. The summed E-state index contributed by atoms with van der Waals surface area (Å²) in [4.78, 5) is 8.26. The normalized spacial score (nSPS) is 22.6. The molecule has 0 bridgehead atoms. The summed E-state index contributed by atoms with van der Waals surface area (Å²) in [6.45, 7) is 6.47. The molecule has 1 fully saturated rings. The van der Waals surface area contributed by atoms with Gasteiger partial charge in [-0.05, 0) is 33.2 Å². The average Bonchev–Trinajstić information content (AvgIpc) is 2.59. The Hall–Kier alpha value is -0.450. The molecule has 1 aliphatic rings. The number of aryl methyl sites for hydroxylation is 2. The van der Waals surface area contributed by atoms with Gasteiger partial charge in [0.1, 0.15) is 5.01 Å². The van der Waals surface area contributed by atoms with Gasteiger partial charge in [0.05, 0.1) is 18.8 Å². The van der Waals surface area contributed by atoms with Crippen LogP contribution in [-0.4, -0.2) is 34.2 Å². The van der Waals surface area contributed by atoms with Crippen LogP contribution in [0.4, 0.5) is 0 Å². The molecule has 1 aliphatic heterocycles. The lowest BCUT2D eigenvalue weighted by Gasteiger charge is -2.33. The van der Waals surface area contributed by atoms with Crippen LogP contribution in [0.15, 0.2) is 0 Å². The molecule has 90 valence electrons. The molecule has 0 amide bonds. The van der Waals surface area contributed by atoms with Crippen molar-refractivity contribution in [2.24, 2.45) is 0 Å². The number of nitrogens with zero attached hydrogens (tertiary/aromatic N) is 2. The van der Waals surface area contributed by atoms with E-state index in [4.69, 9.17) is 0 Å². The molecule has 0 aliphatic carbocycles. The van der Waals surface area contributed by atoms with Crippen LogP contribution in [-0.2, 0) is 6.54 Å². The van der Waals surface area contributed by atoms with Gasteiger partial charge in [0, 0.05) is 10.9 Å². The van der Waals surface area contributed by atoms with Crippen LogP contribution >= 0.6 is 11.3 Å². The molecule has 3 nitrogen and oxygen atoms in total. The van der Waals surface area contributed by atoms with E-state index in [1.807, 2.05) is 0 Å². The summed E-state index contributed by atoms with van der Waals surface area (Å²) in [5.74, 6) is 0. The third kappa shape index (κ3) is 2.62. The van der Waals surface area contributed by atoms with Gasteiger partial charge in [-0.2, -0.15) is 0 Å². The Morgan fingerprint density at radius 2 is 2.25 bits per heavy atom. The first-order chi connectivity index (χ1) is 7.70. The third-order valence-electron chi connectivity index (χ3n) is 3.37. The Kier molecular flexibility index (Phi) is 3.95. The fourth-order valence-corrected chi connectivity index (χ4v) is 3.22. The monoisotopic (exact) mass is 240 g/mol. The number of hydrogen-bond acceptors (Lipinski definition) is 4. The van der Waals surface area contributed by atoms with Gasteiger partial charge in [-0.15, -0.1) is 11.3 Å².